The molecule has 1 rings (SSSR count). The normalized spacial score (nSPS) is 27.1. The Labute approximate surface area is 53.8 Å². The van der Waals surface area contributed by atoms with Gasteiger partial charge in [0.15, 0.2) is 9.84 Å². The minimum atomic E-state index is -2.66. The Morgan fingerprint density at radius 1 is 1.50 bits per heavy atom. The SMILES string of the molecule is O=S1(=O)CC([CH]Cl)C1. The molecule has 0 saturated carbocycles. The van der Waals surface area contributed by atoms with Crippen molar-refractivity contribution in [1.82, 2.24) is 0 Å². The highest BCUT2D eigenvalue weighted by Crippen LogP contribution is 2.21. The first-order chi connectivity index (χ1) is 3.64. The molecule has 1 saturated heterocycles. The van der Waals surface area contributed by atoms with E-state index in [9.17, 15) is 8.42 Å². The molecule has 0 amide bonds. The average Bonchev–Trinajstić information content (AvgIpc) is 1.60. The van der Waals surface area contributed by atoms with Crippen LogP contribution in [0.15, 0.2) is 0 Å². The van der Waals surface area contributed by atoms with Gasteiger partial charge in [0.05, 0.1) is 17.4 Å². The van der Waals surface area contributed by atoms with Crippen LogP contribution in [0.5, 0.6) is 0 Å². The Morgan fingerprint density at radius 3 is 2.12 bits per heavy atom. The summed E-state index contributed by atoms with van der Waals surface area (Å²) < 4.78 is 20.8. The summed E-state index contributed by atoms with van der Waals surface area (Å²) in [6, 6.07) is 0. The van der Waals surface area contributed by atoms with Crippen LogP contribution in [-0.4, -0.2) is 19.9 Å². The molecule has 0 spiro atoms. The second-order valence-corrected chi connectivity index (χ2v) is 4.37. The Balaban J connectivity index is 2.43. The van der Waals surface area contributed by atoms with Gasteiger partial charge in [0.25, 0.3) is 0 Å². The van der Waals surface area contributed by atoms with E-state index >= 15 is 0 Å². The lowest BCUT2D eigenvalue weighted by Gasteiger charge is -2.22. The van der Waals surface area contributed by atoms with Crippen molar-refractivity contribution in [3.63, 3.8) is 0 Å². The van der Waals surface area contributed by atoms with E-state index < -0.39 is 9.84 Å². The molecule has 0 N–H and O–H groups in total. The minimum absolute atomic E-state index is 0.113. The zero-order valence-corrected chi connectivity index (χ0v) is 5.74. The zero-order chi connectivity index (χ0) is 6.20. The summed E-state index contributed by atoms with van der Waals surface area (Å²) in [4.78, 5) is 0. The zero-order valence-electron chi connectivity index (χ0n) is 4.17. The van der Waals surface area contributed by atoms with E-state index in [4.69, 9.17) is 11.6 Å². The van der Waals surface area contributed by atoms with Crippen LogP contribution in [0.3, 0.4) is 0 Å². The Hall–Kier alpha value is 0.240. The van der Waals surface area contributed by atoms with Gasteiger partial charge in [-0.1, -0.05) is 0 Å². The second kappa shape index (κ2) is 1.88. The number of sulfone groups is 1. The fourth-order valence-electron chi connectivity index (χ4n) is 0.676. The van der Waals surface area contributed by atoms with Crippen LogP contribution < -0.4 is 0 Å². The third kappa shape index (κ3) is 1.14. The summed E-state index contributed by atoms with van der Waals surface area (Å²) in [7, 11) is -2.66. The summed E-state index contributed by atoms with van der Waals surface area (Å²) in [5.74, 6) is 2.02. The molecular formula is C4H6ClO2S. The molecular weight excluding hydrogens is 148 g/mol. The molecule has 47 valence electrons. The molecule has 1 aliphatic heterocycles. The topological polar surface area (TPSA) is 34.1 Å². The molecule has 1 heterocycles. The number of halogens is 1. The summed E-state index contributed by atoms with van der Waals surface area (Å²) in [6.07, 6.45) is 0. The fourth-order valence-corrected chi connectivity index (χ4v) is 2.47. The lowest BCUT2D eigenvalue weighted by molar-refractivity contribution is 0.555. The lowest BCUT2D eigenvalue weighted by Crippen LogP contribution is -2.35. The van der Waals surface area contributed by atoms with E-state index in [0.717, 1.165) is 0 Å². The molecule has 0 unspecified atom stereocenters. The summed E-state index contributed by atoms with van der Waals surface area (Å²) >= 11 is 5.24. The van der Waals surface area contributed by atoms with Gasteiger partial charge in [-0.25, -0.2) is 8.42 Å². The maximum Gasteiger partial charge on any atom is 0.151 e. The van der Waals surface area contributed by atoms with Crippen molar-refractivity contribution in [2.45, 2.75) is 0 Å². The molecule has 8 heavy (non-hydrogen) atoms. The van der Waals surface area contributed by atoms with Crippen molar-refractivity contribution in [1.29, 1.82) is 0 Å². The fraction of sp³-hybridized carbons (Fsp3) is 0.750. The van der Waals surface area contributed by atoms with Crippen molar-refractivity contribution in [2.24, 2.45) is 5.92 Å². The van der Waals surface area contributed by atoms with Gasteiger partial charge >= 0.3 is 0 Å². The molecule has 1 radical (unpaired) electrons. The van der Waals surface area contributed by atoms with Gasteiger partial charge < -0.3 is 0 Å². The van der Waals surface area contributed by atoms with Crippen LogP contribution in [0.2, 0.25) is 0 Å². The van der Waals surface area contributed by atoms with Crippen molar-refractivity contribution >= 4 is 21.4 Å². The summed E-state index contributed by atoms with van der Waals surface area (Å²) in [6.45, 7) is 0. The Bertz CT molecular complexity index is 160. The molecule has 0 aromatic rings. The van der Waals surface area contributed by atoms with Gasteiger partial charge in [0.2, 0.25) is 0 Å². The third-order valence-electron chi connectivity index (χ3n) is 1.11. The average molecular weight is 154 g/mol. The highest BCUT2D eigenvalue weighted by molar-refractivity contribution is 7.92. The highest BCUT2D eigenvalue weighted by atomic mass is 35.5. The molecule has 0 aliphatic carbocycles. The lowest BCUT2D eigenvalue weighted by atomic mass is 10.2. The first-order valence-electron chi connectivity index (χ1n) is 2.28. The Kier molecular flexibility index (Phi) is 1.50. The van der Waals surface area contributed by atoms with E-state index in [1.165, 1.54) is 5.88 Å². The number of rotatable bonds is 1. The van der Waals surface area contributed by atoms with E-state index in [0.29, 0.717) is 0 Å². The van der Waals surface area contributed by atoms with E-state index in [1.54, 1.807) is 0 Å². The molecule has 0 aromatic carbocycles. The van der Waals surface area contributed by atoms with Crippen LogP contribution >= 0.6 is 11.6 Å². The quantitative estimate of drug-likeness (QED) is 0.548. The molecule has 1 fully saturated rings. The maximum absolute atomic E-state index is 10.4. The molecule has 0 atom stereocenters. The second-order valence-electron chi connectivity index (χ2n) is 1.96. The van der Waals surface area contributed by atoms with Crippen LogP contribution in [0.25, 0.3) is 0 Å². The smallest absolute Gasteiger partial charge is 0.151 e. The standard InChI is InChI=1S/C4H6ClO2S/c5-1-4-2-8(6,7)3-4/h1,4H,2-3H2. The summed E-state index contributed by atoms with van der Waals surface area (Å²) in [5.41, 5.74) is 0. The van der Waals surface area contributed by atoms with Crippen LogP contribution in [0, 0.1) is 11.8 Å². The predicted octanol–water partition coefficient (Wildman–Crippen LogP) is 0.432. The van der Waals surface area contributed by atoms with E-state index in [2.05, 4.69) is 0 Å². The van der Waals surface area contributed by atoms with Crippen LogP contribution in [0.4, 0.5) is 0 Å². The first-order valence-corrected chi connectivity index (χ1v) is 4.54. The van der Waals surface area contributed by atoms with E-state index in [1.807, 2.05) is 0 Å². The van der Waals surface area contributed by atoms with E-state index in [-0.39, 0.29) is 17.4 Å². The highest BCUT2D eigenvalue weighted by Gasteiger charge is 2.32. The van der Waals surface area contributed by atoms with Gasteiger partial charge in [-0.15, -0.1) is 11.6 Å². The van der Waals surface area contributed by atoms with Crippen molar-refractivity contribution in [3.8, 4) is 0 Å². The first kappa shape index (κ1) is 6.36. The molecule has 1 aliphatic rings. The van der Waals surface area contributed by atoms with Crippen molar-refractivity contribution in [3.05, 3.63) is 5.88 Å². The van der Waals surface area contributed by atoms with Crippen LogP contribution in [-0.2, 0) is 9.84 Å². The minimum Gasteiger partial charge on any atom is -0.229 e. The molecule has 0 bridgehead atoms. The van der Waals surface area contributed by atoms with Gasteiger partial charge in [-0.05, 0) is 0 Å². The van der Waals surface area contributed by atoms with Crippen molar-refractivity contribution < 1.29 is 8.42 Å². The monoisotopic (exact) mass is 153 g/mol. The summed E-state index contributed by atoms with van der Waals surface area (Å²) in [5, 5.41) is 0. The van der Waals surface area contributed by atoms with Gasteiger partial charge in [-0.2, -0.15) is 0 Å². The molecule has 0 aromatic heterocycles. The largest absolute Gasteiger partial charge is 0.229 e. The van der Waals surface area contributed by atoms with Gasteiger partial charge in [-0.3, -0.25) is 0 Å². The van der Waals surface area contributed by atoms with Gasteiger partial charge in [0, 0.05) is 5.92 Å². The third-order valence-corrected chi connectivity index (χ3v) is 3.34. The number of hydrogen-bond donors (Lipinski definition) is 0. The van der Waals surface area contributed by atoms with Gasteiger partial charge in [0.1, 0.15) is 0 Å². The maximum atomic E-state index is 10.4. The van der Waals surface area contributed by atoms with Crippen LogP contribution in [0.1, 0.15) is 0 Å². The predicted molar refractivity (Wildman–Crippen MR) is 32.3 cm³/mol. The Morgan fingerprint density at radius 2 is 2.00 bits per heavy atom. The van der Waals surface area contributed by atoms with Crippen molar-refractivity contribution in [2.75, 3.05) is 11.5 Å². The molecule has 4 heteroatoms. The molecule has 2 nitrogen and oxygen atoms in total. The number of hydrogen-bond acceptors (Lipinski definition) is 2.